The Kier molecular flexibility index (Phi) is 5.89. The van der Waals surface area contributed by atoms with Crippen molar-refractivity contribution in [2.75, 3.05) is 40.9 Å². The maximum Gasteiger partial charge on any atom is 0.245 e. The van der Waals surface area contributed by atoms with Crippen LogP contribution in [0.2, 0.25) is 10.0 Å². The number of carbonyl (C=O) groups excluding carboxylic acids is 1. The number of fused-ring (bicyclic) bond motifs is 1. The molecule has 0 unspecified atom stereocenters. The van der Waals surface area contributed by atoms with Crippen LogP contribution in [-0.4, -0.2) is 54.0 Å². The van der Waals surface area contributed by atoms with Gasteiger partial charge in [-0.05, 0) is 48.7 Å². The van der Waals surface area contributed by atoms with Gasteiger partial charge in [0.15, 0.2) is 0 Å². The van der Waals surface area contributed by atoms with Crippen LogP contribution < -0.4 is 9.80 Å². The average molecular weight is 462 g/mol. The number of amides is 1. The standard InChI is InChI=1S/C23H25Cl2N3OS/c24-17-5-8-19(25)16(13-17)14-26-11-12-30-15-22(26)23(29)28-10-9-27(18-6-7-18)20-3-1-2-4-21(20)28/h1-5,8,13,18,22H,6-7,9-12,14-15H2/t22-/m0/s1. The van der Waals surface area contributed by atoms with Crippen LogP contribution in [0.15, 0.2) is 42.5 Å². The number of benzene rings is 2. The van der Waals surface area contributed by atoms with Gasteiger partial charge < -0.3 is 9.80 Å². The van der Waals surface area contributed by atoms with Gasteiger partial charge >= 0.3 is 0 Å². The average Bonchev–Trinajstić information content (AvgIpc) is 3.61. The lowest BCUT2D eigenvalue weighted by molar-refractivity contribution is -0.123. The molecule has 0 bridgehead atoms. The zero-order valence-corrected chi connectivity index (χ0v) is 19.1. The fraction of sp³-hybridized carbons (Fsp3) is 0.435. The number of halogens is 2. The fourth-order valence-corrected chi connectivity index (χ4v) is 5.98. The van der Waals surface area contributed by atoms with E-state index in [0.717, 1.165) is 42.4 Å². The molecule has 2 aromatic rings. The van der Waals surface area contributed by atoms with E-state index in [1.165, 1.54) is 18.5 Å². The van der Waals surface area contributed by atoms with E-state index in [9.17, 15) is 4.79 Å². The Morgan fingerprint density at radius 3 is 2.63 bits per heavy atom. The van der Waals surface area contributed by atoms with Crippen LogP contribution in [-0.2, 0) is 11.3 Å². The number of hydrogen-bond acceptors (Lipinski definition) is 4. The Labute approximate surface area is 192 Å². The Bertz CT molecular complexity index is 952. The zero-order valence-electron chi connectivity index (χ0n) is 16.8. The maximum absolute atomic E-state index is 13.8. The van der Waals surface area contributed by atoms with Gasteiger partial charge in [0, 0.05) is 53.8 Å². The van der Waals surface area contributed by atoms with Crippen LogP contribution in [0.3, 0.4) is 0 Å². The van der Waals surface area contributed by atoms with Crippen molar-refractivity contribution in [3.63, 3.8) is 0 Å². The SMILES string of the molecule is O=C([C@@H]1CSCCN1Cc1cc(Cl)ccc1Cl)N1CCN(C2CC2)c2ccccc21. The summed E-state index contributed by atoms with van der Waals surface area (Å²) in [5.74, 6) is 2.03. The lowest BCUT2D eigenvalue weighted by Gasteiger charge is -2.42. The number of rotatable bonds is 4. The molecule has 0 radical (unpaired) electrons. The van der Waals surface area contributed by atoms with Crippen molar-refractivity contribution in [3.05, 3.63) is 58.1 Å². The molecule has 2 fully saturated rings. The van der Waals surface area contributed by atoms with Crippen molar-refractivity contribution in [2.45, 2.75) is 31.5 Å². The highest BCUT2D eigenvalue weighted by atomic mass is 35.5. The van der Waals surface area contributed by atoms with Crippen molar-refractivity contribution in [1.29, 1.82) is 0 Å². The third kappa shape index (κ3) is 4.05. The van der Waals surface area contributed by atoms with Crippen molar-refractivity contribution >= 4 is 52.2 Å². The van der Waals surface area contributed by atoms with Gasteiger partial charge in [0.1, 0.15) is 0 Å². The van der Waals surface area contributed by atoms with Gasteiger partial charge in [-0.25, -0.2) is 0 Å². The number of hydrogen-bond donors (Lipinski definition) is 0. The van der Waals surface area contributed by atoms with E-state index in [-0.39, 0.29) is 11.9 Å². The highest BCUT2D eigenvalue weighted by Gasteiger charge is 2.39. The predicted molar refractivity (Wildman–Crippen MR) is 127 cm³/mol. The van der Waals surface area contributed by atoms with E-state index >= 15 is 0 Å². The number of anilines is 2. The van der Waals surface area contributed by atoms with E-state index in [4.69, 9.17) is 23.2 Å². The first-order valence-electron chi connectivity index (χ1n) is 10.5. The molecule has 0 aromatic heterocycles. The maximum atomic E-state index is 13.8. The summed E-state index contributed by atoms with van der Waals surface area (Å²) in [4.78, 5) is 20.5. The minimum absolute atomic E-state index is 0.153. The summed E-state index contributed by atoms with van der Waals surface area (Å²) in [6.07, 6.45) is 2.52. The smallest absolute Gasteiger partial charge is 0.245 e. The van der Waals surface area contributed by atoms with Crippen molar-refractivity contribution in [2.24, 2.45) is 0 Å². The molecule has 4 nitrogen and oxygen atoms in total. The van der Waals surface area contributed by atoms with Gasteiger partial charge in [0.2, 0.25) is 5.91 Å². The summed E-state index contributed by atoms with van der Waals surface area (Å²) >= 11 is 14.5. The van der Waals surface area contributed by atoms with Crippen molar-refractivity contribution in [1.82, 2.24) is 4.90 Å². The molecule has 0 N–H and O–H groups in total. The summed E-state index contributed by atoms with van der Waals surface area (Å²) in [5, 5.41) is 1.38. The topological polar surface area (TPSA) is 26.8 Å². The predicted octanol–water partition coefficient (Wildman–Crippen LogP) is 4.93. The quantitative estimate of drug-likeness (QED) is 0.644. The molecule has 2 heterocycles. The molecule has 30 heavy (non-hydrogen) atoms. The second-order valence-corrected chi connectivity index (χ2v) is 10.2. The largest absolute Gasteiger partial charge is 0.365 e. The molecule has 1 saturated carbocycles. The van der Waals surface area contributed by atoms with Crippen LogP contribution in [0, 0.1) is 0 Å². The van der Waals surface area contributed by atoms with E-state index in [1.807, 2.05) is 34.9 Å². The minimum Gasteiger partial charge on any atom is -0.365 e. The van der Waals surface area contributed by atoms with E-state index in [1.54, 1.807) is 6.07 Å². The van der Waals surface area contributed by atoms with Gasteiger partial charge in [-0.3, -0.25) is 9.69 Å². The van der Waals surface area contributed by atoms with Crippen molar-refractivity contribution < 1.29 is 4.79 Å². The van der Waals surface area contributed by atoms with Gasteiger partial charge in [0.05, 0.1) is 17.4 Å². The third-order valence-corrected chi connectivity index (χ3v) is 7.83. The summed E-state index contributed by atoms with van der Waals surface area (Å²) in [6, 6.07) is 14.4. The second kappa shape index (κ2) is 8.62. The molecule has 158 valence electrons. The van der Waals surface area contributed by atoms with Crippen LogP contribution >= 0.6 is 35.0 Å². The molecular formula is C23H25Cl2N3OS. The molecule has 7 heteroatoms. The normalized spacial score (nSPS) is 22.1. The monoisotopic (exact) mass is 461 g/mol. The van der Waals surface area contributed by atoms with Gasteiger partial charge in [0.25, 0.3) is 0 Å². The minimum atomic E-state index is -0.153. The summed E-state index contributed by atoms with van der Waals surface area (Å²) < 4.78 is 0. The number of nitrogens with zero attached hydrogens (tertiary/aromatic N) is 3. The lowest BCUT2D eigenvalue weighted by atomic mass is 10.1. The summed E-state index contributed by atoms with van der Waals surface area (Å²) in [6.45, 7) is 3.17. The van der Waals surface area contributed by atoms with Crippen LogP contribution in [0.4, 0.5) is 11.4 Å². The van der Waals surface area contributed by atoms with E-state index in [2.05, 4.69) is 28.0 Å². The Balaban J connectivity index is 1.40. The van der Waals surface area contributed by atoms with Crippen molar-refractivity contribution in [3.8, 4) is 0 Å². The zero-order chi connectivity index (χ0) is 20.7. The summed E-state index contributed by atoms with van der Waals surface area (Å²) in [7, 11) is 0. The lowest BCUT2D eigenvalue weighted by Crippen LogP contribution is -2.55. The molecule has 1 saturated heterocycles. The first-order valence-corrected chi connectivity index (χ1v) is 12.5. The highest BCUT2D eigenvalue weighted by Crippen LogP contribution is 2.40. The van der Waals surface area contributed by atoms with Crippen LogP contribution in [0.5, 0.6) is 0 Å². The number of thioether (sulfide) groups is 1. The molecule has 2 aromatic carbocycles. The first-order chi connectivity index (χ1) is 14.6. The number of para-hydroxylation sites is 2. The fourth-order valence-electron chi connectivity index (χ4n) is 4.50. The van der Waals surface area contributed by atoms with Gasteiger partial charge in [-0.2, -0.15) is 11.8 Å². The molecular weight excluding hydrogens is 437 g/mol. The molecule has 3 aliphatic rings. The van der Waals surface area contributed by atoms with Gasteiger partial charge in [-0.1, -0.05) is 35.3 Å². The number of carbonyl (C=O) groups is 1. The third-order valence-electron chi connectivity index (χ3n) is 6.21. The van der Waals surface area contributed by atoms with Crippen LogP contribution in [0.25, 0.3) is 0 Å². The molecule has 1 aliphatic carbocycles. The van der Waals surface area contributed by atoms with Crippen LogP contribution in [0.1, 0.15) is 18.4 Å². The highest BCUT2D eigenvalue weighted by molar-refractivity contribution is 7.99. The summed E-state index contributed by atoms with van der Waals surface area (Å²) in [5.41, 5.74) is 3.23. The molecule has 1 amide bonds. The molecule has 5 rings (SSSR count). The van der Waals surface area contributed by atoms with Gasteiger partial charge in [-0.15, -0.1) is 0 Å². The van der Waals surface area contributed by atoms with E-state index in [0.29, 0.717) is 22.6 Å². The first kappa shape index (κ1) is 20.5. The second-order valence-electron chi connectivity index (χ2n) is 8.20. The Hall–Kier alpha value is -1.40. The van der Waals surface area contributed by atoms with E-state index < -0.39 is 0 Å². The Morgan fingerprint density at radius 2 is 1.83 bits per heavy atom. The molecule has 0 spiro atoms. The molecule has 1 atom stereocenters. The molecule has 2 aliphatic heterocycles. The Morgan fingerprint density at radius 1 is 1.03 bits per heavy atom.